The van der Waals surface area contributed by atoms with Gasteiger partial charge in [0.15, 0.2) is 0 Å². The van der Waals surface area contributed by atoms with Gasteiger partial charge in [-0.1, -0.05) is 35.4 Å². The third kappa shape index (κ3) is 1.80. The molecule has 1 heterocycles. The number of halogens is 2. The van der Waals surface area contributed by atoms with Crippen molar-refractivity contribution in [2.45, 2.75) is 12.8 Å². The van der Waals surface area contributed by atoms with Crippen molar-refractivity contribution in [1.82, 2.24) is 0 Å². The number of hydrogen-bond donors (Lipinski definition) is 0. The second kappa shape index (κ2) is 4.59. The lowest BCUT2D eigenvalue weighted by atomic mass is 9.63. The van der Waals surface area contributed by atoms with E-state index in [2.05, 4.69) is 12.2 Å². The number of amides is 2. The van der Waals surface area contributed by atoms with E-state index in [-0.39, 0.29) is 35.5 Å². The third-order valence-electron chi connectivity index (χ3n) is 4.91. The maximum atomic E-state index is 12.8. The smallest absolute Gasteiger partial charge is 0.238 e. The first kappa shape index (κ1) is 13.4. The van der Waals surface area contributed by atoms with Crippen LogP contribution in [0, 0.1) is 23.7 Å². The Hall–Kier alpha value is -1.32. The van der Waals surface area contributed by atoms with E-state index < -0.39 is 0 Å². The van der Waals surface area contributed by atoms with Crippen LogP contribution in [0.15, 0.2) is 30.4 Å². The molecule has 1 aromatic rings. The van der Waals surface area contributed by atoms with E-state index in [0.29, 0.717) is 15.7 Å². The molecule has 108 valence electrons. The van der Waals surface area contributed by atoms with E-state index in [1.165, 1.54) is 4.90 Å². The normalized spacial score (nSPS) is 33.7. The van der Waals surface area contributed by atoms with Crippen LogP contribution in [-0.4, -0.2) is 11.8 Å². The quantitative estimate of drug-likeness (QED) is 0.584. The SMILES string of the molecule is O=C1[C@@H]2[C@H](C(=O)N1c1ccc(Cl)cc1Cl)[C@H]1C=C[C@H]2CC1. The second-order valence-corrected chi connectivity index (χ2v) is 6.79. The monoisotopic (exact) mass is 321 g/mol. The lowest BCUT2D eigenvalue weighted by molar-refractivity contribution is -0.124. The van der Waals surface area contributed by atoms with Crippen LogP contribution in [0.1, 0.15) is 12.8 Å². The van der Waals surface area contributed by atoms with Gasteiger partial charge in [0.25, 0.3) is 0 Å². The number of carbonyl (C=O) groups excluding carboxylic acids is 2. The van der Waals surface area contributed by atoms with Crippen molar-refractivity contribution in [1.29, 1.82) is 0 Å². The van der Waals surface area contributed by atoms with Crippen molar-refractivity contribution in [3.63, 3.8) is 0 Å². The number of allylic oxidation sites excluding steroid dienone is 2. The van der Waals surface area contributed by atoms with Crippen LogP contribution in [0.5, 0.6) is 0 Å². The molecule has 2 amide bonds. The van der Waals surface area contributed by atoms with Gasteiger partial charge in [0.05, 0.1) is 22.5 Å². The molecule has 1 aromatic carbocycles. The molecule has 4 aliphatic rings. The molecule has 21 heavy (non-hydrogen) atoms. The van der Waals surface area contributed by atoms with E-state index in [4.69, 9.17) is 23.2 Å². The van der Waals surface area contributed by atoms with Crippen LogP contribution in [0.25, 0.3) is 0 Å². The summed E-state index contributed by atoms with van der Waals surface area (Å²) in [6, 6.07) is 4.86. The van der Waals surface area contributed by atoms with E-state index in [1.807, 2.05) is 0 Å². The van der Waals surface area contributed by atoms with Gasteiger partial charge >= 0.3 is 0 Å². The van der Waals surface area contributed by atoms with Crippen molar-refractivity contribution in [3.05, 3.63) is 40.4 Å². The Kier molecular flexibility index (Phi) is 2.92. The minimum absolute atomic E-state index is 0.117. The maximum absolute atomic E-state index is 12.8. The topological polar surface area (TPSA) is 37.4 Å². The lowest BCUT2D eigenvalue weighted by Crippen LogP contribution is -2.38. The number of hydrogen-bond acceptors (Lipinski definition) is 2. The van der Waals surface area contributed by atoms with Crippen LogP contribution in [0.4, 0.5) is 5.69 Å². The van der Waals surface area contributed by atoms with E-state index in [9.17, 15) is 9.59 Å². The van der Waals surface area contributed by atoms with Gasteiger partial charge in [-0.25, -0.2) is 4.90 Å². The molecule has 3 nitrogen and oxygen atoms in total. The molecule has 1 saturated heterocycles. The zero-order valence-corrected chi connectivity index (χ0v) is 12.6. The molecule has 1 saturated carbocycles. The Morgan fingerprint density at radius 1 is 0.952 bits per heavy atom. The van der Waals surface area contributed by atoms with Gasteiger partial charge < -0.3 is 0 Å². The second-order valence-electron chi connectivity index (χ2n) is 5.95. The molecule has 2 fully saturated rings. The highest BCUT2D eigenvalue weighted by atomic mass is 35.5. The maximum Gasteiger partial charge on any atom is 0.238 e. The average Bonchev–Trinajstić information content (AvgIpc) is 2.75. The van der Waals surface area contributed by atoms with Gasteiger partial charge in [0, 0.05) is 5.02 Å². The van der Waals surface area contributed by atoms with E-state index in [1.54, 1.807) is 18.2 Å². The van der Waals surface area contributed by atoms with Crippen molar-refractivity contribution in [2.75, 3.05) is 4.90 Å². The van der Waals surface area contributed by atoms with Crippen molar-refractivity contribution in [3.8, 4) is 0 Å². The predicted molar refractivity (Wildman–Crippen MR) is 81.3 cm³/mol. The molecule has 2 bridgehead atoms. The highest BCUT2D eigenvalue weighted by molar-refractivity contribution is 6.38. The minimum Gasteiger partial charge on any atom is -0.274 e. The van der Waals surface area contributed by atoms with Crippen LogP contribution >= 0.6 is 23.2 Å². The first-order chi connectivity index (χ1) is 10.1. The summed E-state index contributed by atoms with van der Waals surface area (Å²) in [6.07, 6.45) is 6.19. The van der Waals surface area contributed by atoms with Crippen molar-refractivity contribution >= 4 is 40.7 Å². The lowest BCUT2D eigenvalue weighted by Gasteiger charge is -2.38. The number of imide groups is 1. The highest BCUT2D eigenvalue weighted by Gasteiger charge is 2.57. The summed E-state index contributed by atoms with van der Waals surface area (Å²) in [5.74, 6) is -0.289. The summed E-state index contributed by atoms with van der Waals surface area (Å²) < 4.78 is 0. The summed E-state index contributed by atoms with van der Waals surface area (Å²) in [5.41, 5.74) is 0.449. The Balaban J connectivity index is 1.78. The molecule has 3 aliphatic carbocycles. The number of nitrogens with zero attached hydrogens (tertiary/aromatic N) is 1. The summed E-state index contributed by atoms with van der Waals surface area (Å²) >= 11 is 12.1. The largest absolute Gasteiger partial charge is 0.274 e. The van der Waals surface area contributed by atoms with E-state index >= 15 is 0 Å². The number of anilines is 1. The molecule has 0 spiro atoms. The third-order valence-corrected chi connectivity index (χ3v) is 5.45. The molecule has 5 rings (SSSR count). The number of fused-ring (bicyclic) bond motifs is 1. The van der Waals surface area contributed by atoms with Gasteiger partial charge in [-0.15, -0.1) is 0 Å². The number of benzene rings is 1. The molecule has 0 aromatic heterocycles. The zero-order valence-electron chi connectivity index (χ0n) is 11.1. The molecule has 4 atom stereocenters. The molecular weight excluding hydrogens is 309 g/mol. The fourth-order valence-electron chi connectivity index (χ4n) is 3.97. The average molecular weight is 322 g/mol. The summed E-state index contributed by atoms with van der Waals surface area (Å²) in [5, 5.41) is 0.824. The molecular formula is C16H13Cl2NO2. The van der Waals surface area contributed by atoms with Gasteiger partial charge in [0.1, 0.15) is 0 Å². The predicted octanol–water partition coefficient (Wildman–Crippen LogP) is 3.70. The molecule has 1 aliphatic heterocycles. The van der Waals surface area contributed by atoms with Crippen LogP contribution in [0.3, 0.4) is 0 Å². The van der Waals surface area contributed by atoms with Gasteiger partial charge in [0.2, 0.25) is 11.8 Å². The van der Waals surface area contributed by atoms with Crippen molar-refractivity contribution < 1.29 is 9.59 Å². The Morgan fingerprint density at radius 3 is 2.00 bits per heavy atom. The Labute approximate surface area is 132 Å². The zero-order chi connectivity index (χ0) is 14.7. The Bertz CT molecular complexity index is 653. The standard InChI is InChI=1S/C16H13Cl2NO2/c17-10-5-6-12(11(18)7-10)19-15(20)13-8-1-2-9(4-3-8)14(13)16(19)21/h1-2,5-9,13-14H,3-4H2/t8-,9-,13-,14+/m0/s1. The number of rotatable bonds is 1. The molecule has 0 radical (unpaired) electrons. The first-order valence-corrected chi connectivity index (χ1v) is 7.84. The molecule has 0 N–H and O–H groups in total. The van der Waals surface area contributed by atoms with Crippen LogP contribution in [0.2, 0.25) is 10.0 Å². The van der Waals surface area contributed by atoms with Crippen molar-refractivity contribution in [2.24, 2.45) is 23.7 Å². The van der Waals surface area contributed by atoms with Gasteiger partial charge in [-0.3, -0.25) is 9.59 Å². The highest BCUT2D eigenvalue weighted by Crippen LogP contribution is 2.51. The summed E-state index contributed by atoms with van der Waals surface area (Å²) in [7, 11) is 0. The Morgan fingerprint density at radius 2 is 1.52 bits per heavy atom. The van der Waals surface area contributed by atoms with E-state index in [0.717, 1.165) is 12.8 Å². The summed E-state index contributed by atoms with van der Waals surface area (Å²) in [6.45, 7) is 0. The summed E-state index contributed by atoms with van der Waals surface area (Å²) in [4.78, 5) is 26.8. The first-order valence-electron chi connectivity index (χ1n) is 7.09. The number of carbonyl (C=O) groups is 2. The minimum atomic E-state index is -0.215. The molecule has 5 heteroatoms. The fraction of sp³-hybridized carbons (Fsp3) is 0.375. The fourth-order valence-corrected chi connectivity index (χ4v) is 4.47. The van der Waals surface area contributed by atoms with Crippen LogP contribution < -0.4 is 4.90 Å². The van der Waals surface area contributed by atoms with Crippen LogP contribution in [-0.2, 0) is 9.59 Å². The van der Waals surface area contributed by atoms with Gasteiger partial charge in [-0.2, -0.15) is 0 Å². The van der Waals surface area contributed by atoms with Gasteiger partial charge in [-0.05, 0) is 42.9 Å². The molecule has 0 unspecified atom stereocenters.